The highest BCUT2D eigenvalue weighted by Crippen LogP contribution is 2.54. The van der Waals surface area contributed by atoms with Crippen molar-refractivity contribution in [2.24, 2.45) is 0 Å². The van der Waals surface area contributed by atoms with Gasteiger partial charge in [0.2, 0.25) is 5.95 Å². The van der Waals surface area contributed by atoms with Gasteiger partial charge >= 0.3 is 14.5 Å². The third-order valence-electron chi connectivity index (χ3n) is 7.34. The maximum absolute atomic E-state index is 15.9. The van der Waals surface area contributed by atoms with Gasteiger partial charge in [-0.1, -0.05) is 0 Å². The number of anilines is 2. The van der Waals surface area contributed by atoms with E-state index in [0.717, 1.165) is 10.9 Å². The number of pyridine rings is 1. The lowest BCUT2D eigenvalue weighted by Crippen LogP contribution is -2.34. The Balaban J connectivity index is 1.21. The number of halogens is 2. The lowest BCUT2D eigenvalue weighted by Gasteiger charge is -2.27. The minimum atomic E-state index is -5.14. The molecule has 0 saturated carbocycles. The largest absolute Gasteiger partial charge is 0.472 e. The minimum absolute atomic E-state index is 0.126. The monoisotopic (exact) mass is 693 g/mol. The van der Waals surface area contributed by atoms with Gasteiger partial charge in [0.15, 0.2) is 41.6 Å². The van der Waals surface area contributed by atoms with Crippen LogP contribution < -0.4 is 17.0 Å². The highest BCUT2D eigenvalue weighted by atomic mass is 32.5. The van der Waals surface area contributed by atoms with Gasteiger partial charge in [-0.25, -0.2) is 28.3 Å². The molecule has 0 amide bonds. The van der Waals surface area contributed by atoms with E-state index in [0.29, 0.717) is 0 Å². The summed E-state index contributed by atoms with van der Waals surface area (Å²) >= 11 is 5.13. The first kappa shape index (κ1) is 30.6. The number of hydrogen-bond donors (Lipinski definition) is 5. The molecule has 0 aromatic carbocycles. The molecule has 7 rings (SSSR count). The van der Waals surface area contributed by atoms with E-state index in [4.69, 9.17) is 50.8 Å². The van der Waals surface area contributed by atoms with Crippen molar-refractivity contribution in [2.45, 2.75) is 49.2 Å². The van der Waals surface area contributed by atoms with Crippen LogP contribution in [0, 0.1) is 0 Å². The Hall–Kier alpha value is -3.01. The highest BCUT2D eigenvalue weighted by molar-refractivity contribution is 8.07. The second kappa shape index (κ2) is 11.1. The number of aromatic nitrogens is 7. The molecule has 242 valence electrons. The number of H-pyrrole nitrogens is 1. The van der Waals surface area contributed by atoms with Gasteiger partial charge < -0.3 is 35.3 Å². The summed E-state index contributed by atoms with van der Waals surface area (Å²) in [5.74, 6) is -0.281. The maximum Gasteiger partial charge on any atom is 0.472 e. The molecule has 0 spiro atoms. The van der Waals surface area contributed by atoms with E-state index >= 15 is 8.78 Å². The number of aromatic amines is 1. The number of phosphoric acid groups is 1. The van der Waals surface area contributed by atoms with Crippen molar-refractivity contribution in [1.82, 2.24) is 34.1 Å². The van der Waals surface area contributed by atoms with Crippen LogP contribution in [0.4, 0.5) is 20.4 Å². The molecule has 4 aromatic heterocycles. The van der Waals surface area contributed by atoms with Crippen molar-refractivity contribution < 1.29 is 50.7 Å². The third-order valence-corrected chi connectivity index (χ3v) is 9.88. The zero-order valence-electron chi connectivity index (χ0n) is 22.4. The van der Waals surface area contributed by atoms with Crippen LogP contribution in [-0.2, 0) is 43.9 Å². The number of nitrogen functional groups attached to an aromatic ring is 2. The second-order valence-electron chi connectivity index (χ2n) is 10.2. The zero-order valence-corrected chi connectivity index (χ0v) is 25.0. The highest BCUT2D eigenvalue weighted by Gasteiger charge is 2.54. The molecule has 0 aliphatic carbocycles. The summed E-state index contributed by atoms with van der Waals surface area (Å²) in [5, 5.41) is 0. The first-order valence-corrected chi connectivity index (χ1v) is 17.1. The summed E-state index contributed by atoms with van der Waals surface area (Å²) in [6, 6.07) is 1.49. The molecule has 19 nitrogen and oxygen atoms in total. The van der Waals surface area contributed by atoms with Crippen LogP contribution in [0.2, 0.25) is 0 Å². The molecular formula is C21H23F2N9O10P2S. The van der Waals surface area contributed by atoms with Gasteiger partial charge in [0, 0.05) is 6.20 Å². The third kappa shape index (κ3) is 5.44. The van der Waals surface area contributed by atoms with Crippen molar-refractivity contribution in [3.8, 4) is 0 Å². The van der Waals surface area contributed by atoms with Gasteiger partial charge in [0.05, 0.1) is 31.6 Å². The first-order valence-electron chi connectivity index (χ1n) is 13.0. The molecule has 3 aliphatic heterocycles. The summed E-state index contributed by atoms with van der Waals surface area (Å²) < 4.78 is 79.7. The predicted octanol–water partition coefficient (Wildman–Crippen LogP) is 0.334. The fourth-order valence-electron chi connectivity index (χ4n) is 5.32. The van der Waals surface area contributed by atoms with E-state index in [1.807, 2.05) is 0 Å². The normalized spacial score (nSPS) is 37.7. The van der Waals surface area contributed by atoms with E-state index in [9.17, 15) is 19.1 Å². The fourth-order valence-corrected chi connectivity index (χ4v) is 7.68. The van der Waals surface area contributed by atoms with Crippen molar-refractivity contribution >= 4 is 60.3 Å². The molecule has 3 aliphatic rings. The Morgan fingerprint density at radius 3 is 2.40 bits per heavy atom. The van der Waals surface area contributed by atoms with E-state index in [-0.39, 0.29) is 34.0 Å². The number of imidazole rings is 2. The van der Waals surface area contributed by atoms with Gasteiger partial charge in [-0.2, -0.15) is 4.98 Å². The molecule has 3 saturated heterocycles. The Bertz CT molecular complexity index is 1950. The second-order valence-corrected chi connectivity index (χ2v) is 14.4. The molecule has 45 heavy (non-hydrogen) atoms. The Labute approximate surface area is 254 Å². The summed E-state index contributed by atoms with van der Waals surface area (Å²) in [4.78, 5) is 52.3. The molecule has 24 heteroatoms. The molecule has 7 N–H and O–H groups in total. The van der Waals surface area contributed by atoms with Crippen LogP contribution >= 0.6 is 14.5 Å². The SMILES string of the molecule is Nc1nc2c(ncn2[C@@H]2O[C@@H]3COP(=O)(O)O[C@H]4[C@H](F)[C@H](n5cnc6c(N)ccnc65)O[C@@H]4COP(O)(=S)O[C@@H]2[C@@H]3F)c(=O)[nH]1. The van der Waals surface area contributed by atoms with Crippen LogP contribution in [0.15, 0.2) is 29.7 Å². The molecular weight excluding hydrogens is 670 g/mol. The van der Waals surface area contributed by atoms with E-state index in [1.165, 1.54) is 23.2 Å². The van der Waals surface area contributed by atoms with Crippen molar-refractivity contribution in [2.75, 3.05) is 24.7 Å². The van der Waals surface area contributed by atoms with Crippen molar-refractivity contribution in [1.29, 1.82) is 0 Å². The van der Waals surface area contributed by atoms with Gasteiger partial charge in [-0.15, -0.1) is 0 Å². The number of alkyl halides is 2. The summed E-state index contributed by atoms with van der Waals surface area (Å²) in [6.45, 7) is -6.04. The predicted molar refractivity (Wildman–Crippen MR) is 150 cm³/mol. The fraction of sp³-hybridized carbons (Fsp3) is 0.476. The van der Waals surface area contributed by atoms with Gasteiger partial charge in [0.1, 0.15) is 29.9 Å². The topological polar surface area (TPSA) is 259 Å². The zero-order chi connectivity index (χ0) is 31.8. The number of phosphoric ester groups is 1. The standard InChI is InChI=1S/C21H23F2N9O10P2S/c22-10-8-3-37-43(34,35)41-14-9(40-19(11(14)23)31-5-27-12-7(24)1-2-26-16(12)31)4-38-44(36,45)42-15(10)20(39-8)32-6-28-13-17(32)29-21(25)30-18(13)33/h1-2,5-6,8-11,14-15,19-20H,3-4H2,(H2,24,26)(H,34,35)(H,36,45)(H3,25,29,30,33)/t8-,9-,10-,11+,14-,15-,19-,20-,44?/m1/s1. The maximum atomic E-state index is 15.9. The summed E-state index contributed by atoms with van der Waals surface area (Å²) in [5.41, 5.74) is 11.2. The number of hydrogen-bond acceptors (Lipinski definition) is 15. The Morgan fingerprint density at radius 2 is 1.62 bits per heavy atom. The van der Waals surface area contributed by atoms with Crippen LogP contribution in [0.25, 0.3) is 22.3 Å². The Kier molecular flexibility index (Phi) is 7.53. The smallest absolute Gasteiger partial charge is 0.397 e. The van der Waals surface area contributed by atoms with Crippen LogP contribution in [0.5, 0.6) is 0 Å². The summed E-state index contributed by atoms with van der Waals surface area (Å²) in [6.07, 6.45) is -10.3. The van der Waals surface area contributed by atoms with Gasteiger partial charge in [0.25, 0.3) is 5.56 Å². The van der Waals surface area contributed by atoms with E-state index < -0.39 is 82.5 Å². The molecule has 3 fully saturated rings. The Morgan fingerprint density at radius 1 is 0.933 bits per heavy atom. The first-order chi connectivity index (χ1) is 21.3. The average molecular weight is 693 g/mol. The molecule has 0 radical (unpaired) electrons. The number of ether oxygens (including phenoxy) is 2. The van der Waals surface area contributed by atoms with E-state index in [2.05, 4.69) is 24.9 Å². The number of nitrogens with two attached hydrogens (primary N) is 2. The summed E-state index contributed by atoms with van der Waals surface area (Å²) in [7, 11) is -5.14. The quantitative estimate of drug-likeness (QED) is 0.177. The van der Waals surface area contributed by atoms with Crippen molar-refractivity contribution in [3.63, 3.8) is 0 Å². The molecule has 2 bridgehead atoms. The van der Waals surface area contributed by atoms with Crippen molar-refractivity contribution in [3.05, 3.63) is 35.3 Å². The number of rotatable bonds is 2. The average Bonchev–Trinajstić information content (AvgIpc) is 3.72. The molecule has 7 heterocycles. The lowest BCUT2D eigenvalue weighted by atomic mass is 10.1. The molecule has 2 unspecified atom stereocenters. The van der Waals surface area contributed by atoms with Gasteiger partial charge in [-0.05, 0) is 17.9 Å². The lowest BCUT2D eigenvalue weighted by molar-refractivity contribution is -0.0630. The molecule has 10 atom stereocenters. The van der Waals surface area contributed by atoms with Crippen LogP contribution in [0.3, 0.4) is 0 Å². The van der Waals surface area contributed by atoms with E-state index in [1.54, 1.807) is 0 Å². The number of fused-ring (bicyclic) bond motifs is 5. The number of nitrogens with one attached hydrogen (secondary N) is 1. The van der Waals surface area contributed by atoms with Crippen LogP contribution in [0.1, 0.15) is 12.5 Å². The van der Waals surface area contributed by atoms with Crippen LogP contribution in [-0.4, -0.2) is 93.8 Å². The van der Waals surface area contributed by atoms with Gasteiger partial charge in [-0.3, -0.25) is 32.5 Å². The minimum Gasteiger partial charge on any atom is -0.397 e. The molecule has 4 aromatic rings. The number of nitrogens with zero attached hydrogens (tertiary/aromatic N) is 6.